The molecule has 0 aromatic heterocycles. The van der Waals surface area contributed by atoms with E-state index >= 15 is 0 Å². The highest BCUT2D eigenvalue weighted by molar-refractivity contribution is 9.11. The van der Waals surface area contributed by atoms with Gasteiger partial charge in [0, 0.05) is 21.5 Å². The van der Waals surface area contributed by atoms with Crippen LogP contribution in [0.3, 0.4) is 0 Å². The number of hydrogen-bond donors (Lipinski definition) is 1. The van der Waals surface area contributed by atoms with Crippen LogP contribution in [0.2, 0.25) is 0 Å². The molecule has 1 fully saturated rings. The van der Waals surface area contributed by atoms with E-state index in [9.17, 15) is 8.42 Å². The van der Waals surface area contributed by atoms with Crippen molar-refractivity contribution in [2.45, 2.75) is 37.1 Å². The van der Waals surface area contributed by atoms with Gasteiger partial charge >= 0.3 is 0 Å². The van der Waals surface area contributed by atoms with Gasteiger partial charge in [-0.15, -0.1) is 0 Å². The third-order valence-corrected chi connectivity index (χ3v) is 6.42. The lowest BCUT2D eigenvalue weighted by Crippen LogP contribution is -2.34. The van der Waals surface area contributed by atoms with E-state index in [-0.39, 0.29) is 16.6 Å². The van der Waals surface area contributed by atoms with Gasteiger partial charge < -0.3 is 5.73 Å². The molecule has 2 rings (SSSR count). The van der Waals surface area contributed by atoms with Crippen molar-refractivity contribution in [2.75, 3.05) is 12.3 Å². The van der Waals surface area contributed by atoms with Gasteiger partial charge in [0.25, 0.3) is 0 Å². The van der Waals surface area contributed by atoms with E-state index in [0.29, 0.717) is 11.0 Å². The van der Waals surface area contributed by atoms with Gasteiger partial charge in [-0.05, 0) is 47.3 Å². The van der Waals surface area contributed by atoms with Crippen molar-refractivity contribution in [2.24, 2.45) is 0 Å². The highest BCUT2D eigenvalue weighted by Gasteiger charge is 2.39. The maximum Gasteiger partial charge on any atom is 0.246 e. The Morgan fingerprint density at radius 2 is 2.00 bits per heavy atom. The fraction of sp³-hybridized carbons (Fsp3) is 0.500. The van der Waals surface area contributed by atoms with E-state index in [1.807, 2.05) is 6.92 Å². The molecule has 0 amide bonds. The zero-order chi connectivity index (χ0) is 14.2. The molecule has 0 radical (unpaired) electrons. The Hall–Kier alpha value is -0.110. The molecule has 0 aliphatic heterocycles. The summed E-state index contributed by atoms with van der Waals surface area (Å²) in [5.74, 6) is 0. The number of rotatable bonds is 5. The lowest BCUT2D eigenvalue weighted by molar-refractivity contribution is 0.403. The second-order valence-corrected chi connectivity index (χ2v) is 8.25. The van der Waals surface area contributed by atoms with E-state index < -0.39 is 10.0 Å². The van der Waals surface area contributed by atoms with E-state index in [1.54, 1.807) is 16.4 Å². The fourth-order valence-corrected chi connectivity index (χ4v) is 5.85. The number of anilines is 1. The standard InChI is InChI=1S/C12H16Br2N2O2S/c1-2-5-16(9-3-4-9)19(17,18)12-10(14)6-8(13)7-11(12)15/h6-7,9H,2-5,15H2,1H3. The van der Waals surface area contributed by atoms with Crippen LogP contribution in [-0.2, 0) is 10.0 Å². The summed E-state index contributed by atoms with van der Waals surface area (Å²) in [4.78, 5) is 0.177. The molecule has 1 aliphatic carbocycles. The normalized spacial score (nSPS) is 16.0. The molecular formula is C12H16Br2N2O2S. The summed E-state index contributed by atoms with van der Waals surface area (Å²) in [5.41, 5.74) is 6.16. The van der Waals surface area contributed by atoms with Crippen LogP contribution in [-0.4, -0.2) is 25.3 Å². The molecule has 0 heterocycles. The van der Waals surface area contributed by atoms with Crippen LogP contribution >= 0.6 is 31.9 Å². The predicted molar refractivity (Wildman–Crippen MR) is 83.5 cm³/mol. The first-order valence-electron chi connectivity index (χ1n) is 6.14. The summed E-state index contributed by atoms with van der Waals surface area (Å²) in [6.07, 6.45) is 2.67. The van der Waals surface area contributed by atoms with E-state index in [4.69, 9.17) is 5.73 Å². The molecule has 0 bridgehead atoms. The first-order chi connectivity index (χ1) is 8.87. The van der Waals surface area contributed by atoms with Gasteiger partial charge in [0.1, 0.15) is 4.90 Å². The van der Waals surface area contributed by atoms with Gasteiger partial charge in [-0.3, -0.25) is 0 Å². The van der Waals surface area contributed by atoms with Crippen LogP contribution in [0.5, 0.6) is 0 Å². The molecule has 1 aliphatic rings. The summed E-state index contributed by atoms with van der Waals surface area (Å²) < 4.78 is 28.4. The number of halogens is 2. The molecule has 19 heavy (non-hydrogen) atoms. The quantitative estimate of drug-likeness (QED) is 0.755. The van der Waals surface area contributed by atoms with Crippen molar-refractivity contribution >= 4 is 47.6 Å². The van der Waals surface area contributed by atoms with E-state index in [1.165, 1.54) is 0 Å². The first-order valence-corrected chi connectivity index (χ1v) is 9.17. The number of hydrogen-bond acceptors (Lipinski definition) is 3. The fourth-order valence-electron chi connectivity index (χ4n) is 2.05. The topological polar surface area (TPSA) is 63.4 Å². The Morgan fingerprint density at radius 1 is 1.37 bits per heavy atom. The van der Waals surface area contributed by atoms with Crippen molar-refractivity contribution in [3.05, 3.63) is 21.1 Å². The van der Waals surface area contributed by atoms with Crippen molar-refractivity contribution < 1.29 is 8.42 Å². The van der Waals surface area contributed by atoms with Crippen molar-refractivity contribution in [3.63, 3.8) is 0 Å². The Balaban J connectivity index is 2.49. The first kappa shape index (κ1) is 15.3. The number of benzene rings is 1. The minimum atomic E-state index is -3.54. The van der Waals surface area contributed by atoms with Crippen molar-refractivity contribution in [3.8, 4) is 0 Å². The molecule has 0 saturated heterocycles. The lowest BCUT2D eigenvalue weighted by atomic mass is 10.3. The van der Waals surface area contributed by atoms with Gasteiger partial charge in [-0.1, -0.05) is 22.9 Å². The second-order valence-electron chi connectivity index (χ2n) is 4.65. The van der Waals surface area contributed by atoms with Gasteiger partial charge in [-0.25, -0.2) is 8.42 Å². The molecule has 1 aromatic rings. The highest BCUT2D eigenvalue weighted by Crippen LogP contribution is 2.38. The van der Waals surface area contributed by atoms with Crippen molar-refractivity contribution in [1.29, 1.82) is 0 Å². The Bertz CT molecular complexity index is 562. The van der Waals surface area contributed by atoms with Crippen molar-refractivity contribution in [1.82, 2.24) is 4.31 Å². The Kier molecular flexibility index (Phi) is 4.59. The summed E-state index contributed by atoms with van der Waals surface area (Å²) in [7, 11) is -3.54. The van der Waals surface area contributed by atoms with Crippen LogP contribution in [0.15, 0.2) is 26.0 Å². The predicted octanol–water partition coefficient (Wildman–Crippen LogP) is 3.36. The third kappa shape index (κ3) is 3.15. The van der Waals surface area contributed by atoms with Gasteiger partial charge in [0.15, 0.2) is 0 Å². The summed E-state index contributed by atoms with van der Waals surface area (Å²) in [5, 5.41) is 0. The Labute approximate surface area is 130 Å². The maximum atomic E-state index is 12.8. The molecule has 1 aromatic carbocycles. The largest absolute Gasteiger partial charge is 0.398 e. The molecular weight excluding hydrogens is 396 g/mol. The zero-order valence-electron chi connectivity index (χ0n) is 10.6. The summed E-state index contributed by atoms with van der Waals surface area (Å²) >= 11 is 6.61. The highest BCUT2D eigenvalue weighted by atomic mass is 79.9. The Morgan fingerprint density at radius 3 is 2.47 bits per heavy atom. The second kappa shape index (κ2) is 5.71. The summed E-state index contributed by atoms with van der Waals surface area (Å²) in [6.45, 7) is 2.51. The lowest BCUT2D eigenvalue weighted by Gasteiger charge is -2.23. The smallest absolute Gasteiger partial charge is 0.246 e. The molecule has 0 atom stereocenters. The molecule has 0 spiro atoms. The average molecular weight is 412 g/mol. The van der Waals surface area contributed by atoms with E-state index in [2.05, 4.69) is 31.9 Å². The molecule has 1 saturated carbocycles. The van der Waals surface area contributed by atoms with Gasteiger partial charge in [0.2, 0.25) is 10.0 Å². The van der Waals surface area contributed by atoms with Crippen LogP contribution in [0.1, 0.15) is 26.2 Å². The summed E-state index contributed by atoms with van der Waals surface area (Å²) in [6, 6.07) is 3.47. The number of nitrogens with zero attached hydrogens (tertiary/aromatic N) is 1. The van der Waals surface area contributed by atoms with Gasteiger partial charge in [0.05, 0.1) is 5.69 Å². The van der Waals surface area contributed by atoms with Crippen LogP contribution in [0, 0.1) is 0 Å². The third-order valence-electron chi connectivity index (χ3n) is 3.00. The zero-order valence-corrected chi connectivity index (χ0v) is 14.6. The minimum Gasteiger partial charge on any atom is -0.398 e. The maximum absolute atomic E-state index is 12.8. The molecule has 7 heteroatoms. The number of sulfonamides is 1. The van der Waals surface area contributed by atoms with Crippen LogP contribution in [0.25, 0.3) is 0 Å². The molecule has 106 valence electrons. The van der Waals surface area contributed by atoms with E-state index in [0.717, 1.165) is 23.7 Å². The van der Waals surface area contributed by atoms with Crippen LogP contribution < -0.4 is 5.73 Å². The number of nitrogens with two attached hydrogens (primary N) is 1. The minimum absolute atomic E-state index is 0.139. The number of nitrogen functional groups attached to an aromatic ring is 1. The monoisotopic (exact) mass is 410 g/mol. The molecule has 2 N–H and O–H groups in total. The van der Waals surface area contributed by atoms with Gasteiger partial charge in [-0.2, -0.15) is 4.31 Å². The molecule has 4 nitrogen and oxygen atoms in total. The molecule has 0 unspecified atom stereocenters. The SMILES string of the molecule is CCCN(C1CC1)S(=O)(=O)c1c(N)cc(Br)cc1Br. The van der Waals surface area contributed by atoms with Crippen LogP contribution in [0.4, 0.5) is 5.69 Å². The average Bonchev–Trinajstić information content (AvgIpc) is 3.07.